The topological polar surface area (TPSA) is 0 Å². The van der Waals surface area contributed by atoms with E-state index < -0.39 is 0 Å². The molecule has 15 heavy (non-hydrogen) atoms. The van der Waals surface area contributed by atoms with Gasteiger partial charge in [0.25, 0.3) is 0 Å². The zero-order chi connectivity index (χ0) is 9.26. The zero-order valence-corrected chi connectivity index (χ0v) is 7.75. The molecule has 0 heterocycles. The van der Waals surface area contributed by atoms with Crippen molar-refractivity contribution in [1.82, 2.24) is 0 Å². The maximum absolute atomic E-state index is 3.98. The van der Waals surface area contributed by atoms with E-state index in [1.807, 2.05) is 6.92 Å². The summed E-state index contributed by atoms with van der Waals surface area (Å²) in [5.74, 6) is 0. The molecule has 0 bridgehead atoms. The van der Waals surface area contributed by atoms with Gasteiger partial charge >= 0.3 is 103 Å². The van der Waals surface area contributed by atoms with Crippen LogP contribution in [0, 0.1) is 0 Å². The molecule has 2 aromatic rings. The molecular formula is C13H14K2. The summed E-state index contributed by atoms with van der Waals surface area (Å²) in [5, 5.41) is 2.57. The Balaban J connectivity index is 0.000000980. The van der Waals surface area contributed by atoms with E-state index in [1.165, 1.54) is 16.3 Å². The van der Waals surface area contributed by atoms with Gasteiger partial charge in [-0.2, -0.15) is 0 Å². The second kappa shape index (κ2) is 7.93. The third kappa shape index (κ3) is 4.14. The Bertz CT molecular complexity index is 456. The first-order valence-electron chi connectivity index (χ1n) is 4.42. The molecule has 0 amide bonds. The second-order valence-electron chi connectivity index (χ2n) is 3.31. The molecule has 2 heteroatoms. The minimum atomic E-state index is 0. The fourth-order valence-electron chi connectivity index (χ4n) is 1.60. The van der Waals surface area contributed by atoms with Crippen LogP contribution in [0.2, 0.25) is 0 Å². The monoisotopic (exact) mass is 248 g/mol. The Hall–Kier alpha value is 1.71. The van der Waals surface area contributed by atoms with E-state index in [2.05, 4.69) is 49.0 Å². The Morgan fingerprint density at radius 3 is 2.20 bits per heavy atom. The van der Waals surface area contributed by atoms with Crippen molar-refractivity contribution < 1.29 is 0 Å². The van der Waals surface area contributed by atoms with Crippen LogP contribution in [0.15, 0.2) is 49.0 Å². The van der Waals surface area contributed by atoms with Gasteiger partial charge in [0.05, 0.1) is 0 Å². The van der Waals surface area contributed by atoms with Gasteiger partial charge in [-0.15, -0.1) is 0 Å². The standard InChI is InChI=1S/C13H12.2K.2H/c1-10(2)12-9-5-7-11-6-3-4-8-13(11)12;;;;/h3-9H,1H2,2H3;;;;. The van der Waals surface area contributed by atoms with Crippen LogP contribution in [-0.4, -0.2) is 103 Å². The normalized spacial score (nSPS) is 8.87. The Labute approximate surface area is 176 Å². The summed E-state index contributed by atoms with van der Waals surface area (Å²) in [4.78, 5) is 0. The Morgan fingerprint density at radius 1 is 0.933 bits per heavy atom. The molecule has 0 unspecified atom stereocenters. The summed E-state index contributed by atoms with van der Waals surface area (Å²) in [6.45, 7) is 6.02. The van der Waals surface area contributed by atoms with Crippen LogP contribution >= 0.6 is 0 Å². The third-order valence-electron chi connectivity index (χ3n) is 2.25. The van der Waals surface area contributed by atoms with Crippen molar-refractivity contribution in [3.05, 3.63) is 54.6 Å². The molecule has 0 atom stereocenters. The number of allylic oxidation sites excluding steroid dienone is 1. The van der Waals surface area contributed by atoms with Gasteiger partial charge in [-0.05, 0) is 23.3 Å². The van der Waals surface area contributed by atoms with Crippen LogP contribution in [0.4, 0.5) is 0 Å². The van der Waals surface area contributed by atoms with Gasteiger partial charge in [0.2, 0.25) is 0 Å². The zero-order valence-electron chi connectivity index (χ0n) is 7.75. The molecule has 68 valence electrons. The van der Waals surface area contributed by atoms with Crippen molar-refractivity contribution in [1.29, 1.82) is 0 Å². The average molecular weight is 248 g/mol. The molecule has 2 aromatic carbocycles. The molecule has 0 spiro atoms. The Kier molecular flexibility index (Phi) is 8.83. The summed E-state index contributed by atoms with van der Waals surface area (Å²) in [6.07, 6.45) is 0. The van der Waals surface area contributed by atoms with Crippen molar-refractivity contribution in [2.45, 2.75) is 6.92 Å². The third-order valence-corrected chi connectivity index (χ3v) is 2.25. The first-order valence-corrected chi connectivity index (χ1v) is 4.42. The van der Waals surface area contributed by atoms with Gasteiger partial charge in [0.1, 0.15) is 0 Å². The van der Waals surface area contributed by atoms with Gasteiger partial charge in [-0.3, -0.25) is 0 Å². The maximum atomic E-state index is 3.98. The van der Waals surface area contributed by atoms with Gasteiger partial charge in [-0.1, -0.05) is 54.6 Å². The molecule has 0 aliphatic heterocycles. The molecule has 0 N–H and O–H groups in total. The quantitative estimate of drug-likeness (QED) is 0.681. The summed E-state index contributed by atoms with van der Waals surface area (Å²) in [7, 11) is 0. The van der Waals surface area contributed by atoms with E-state index >= 15 is 0 Å². The first-order chi connectivity index (χ1) is 6.29. The van der Waals surface area contributed by atoms with E-state index in [-0.39, 0.29) is 103 Å². The van der Waals surface area contributed by atoms with E-state index in [0.717, 1.165) is 5.57 Å². The molecule has 0 aliphatic carbocycles. The average Bonchev–Trinajstić information content (AvgIpc) is 2.17. The van der Waals surface area contributed by atoms with Gasteiger partial charge in [0, 0.05) is 0 Å². The van der Waals surface area contributed by atoms with E-state index in [0.29, 0.717) is 0 Å². The molecule has 0 saturated heterocycles. The van der Waals surface area contributed by atoms with Crippen LogP contribution in [0.3, 0.4) is 0 Å². The Morgan fingerprint density at radius 2 is 1.53 bits per heavy atom. The molecule has 0 saturated carbocycles. The van der Waals surface area contributed by atoms with Crippen molar-refractivity contribution >= 4 is 119 Å². The molecule has 2 rings (SSSR count). The fourth-order valence-corrected chi connectivity index (χ4v) is 1.60. The number of hydrogen-bond donors (Lipinski definition) is 0. The number of rotatable bonds is 1. The van der Waals surface area contributed by atoms with Crippen molar-refractivity contribution in [3.8, 4) is 0 Å². The molecule has 0 radical (unpaired) electrons. The van der Waals surface area contributed by atoms with Crippen LogP contribution in [0.1, 0.15) is 12.5 Å². The minimum absolute atomic E-state index is 0. The SMILES string of the molecule is C=C(C)c1cccc2ccccc12.[KH].[KH]. The van der Waals surface area contributed by atoms with Crippen LogP contribution in [0.25, 0.3) is 16.3 Å². The van der Waals surface area contributed by atoms with E-state index in [4.69, 9.17) is 0 Å². The summed E-state index contributed by atoms with van der Waals surface area (Å²) < 4.78 is 0. The molecule has 0 nitrogen and oxygen atoms in total. The fraction of sp³-hybridized carbons (Fsp3) is 0.0769. The summed E-state index contributed by atoms with van der Waals surface area (Å²) >= 11 is 0. The predicted molar refractivity (Wildman–Crippen MR) is 73.0 cm³/mol. The molecule has 0 fully saturated rings. The molecular weight excluding hydrogens is 234 g/mol. The van der Waals surface area contributed by atoms with Crippen LogP contribution in [0.5, 0.6) is 0 Å². The number of hydrogen-bond acceptors (Lipinski definition) is 0. The first kappa shape index (κ1) is 16.7. The van der Waals surface area contributed by atoms with Crippen molar-refractivity contribution in [3.63, 3.8) is 0 Å². The van der Waals surface area contributed by atoms with E-state index in [1.54, 1.807) is 0 Å². The molecule has 0 aliphatic rings. The summed E-state index contributed by atoms with van der Waals surface area (Å²) in [5.41, 5.74) is 2.37. The van der Waals surface area contributed by atoms with Crippen LogP contribution < -0.4 is 0 Å². The number of benzene rings is 2. The van der Waals surface area contributed by atoms with Gasteiger partial charge in [-0.25, -0.2) is 0 Å². The molecule has 0 aromatic heterocycles. The van der Waals surface area contributed by atoms with Crippen molar-refractivity contribution in [2.24, 2.45) is 0 Å². The van der Waals surface area contributed by atoms with Crippen LogP contribution in [-0.2, 0) is 0 Å². The van der Waals surface area contributed by atoms with E-state index in [9.17, 15) is 0 Å². The van der Waals surface area contributed by atoms with Crippen molar-refractivity contribution in [2.75, 3.05) is 0 Å². The number of fused-ring (bicyclic) bond motifs is 1. The predicted octanol–water partition coefficient (Wildman–Crippen LogP) is 2.58. The summed E-state index contributed by atoms with van der Waals surface area (Å²) in [6, 6.07) is 14.7. The second-order valence-corrected chi connectivity index (χ2v) is 3.31. The van der Waals surface area contributed by atoms with Gasteiger partial charge in [0.15, 0.2) is 0 Å². The van der Waals surface area contributed by atoms with Gasteiger partial charge < -0.3 is 0 Å².